The summed E-state index contributed by atoms with van der Waals surface area (Å²) >= 11 is 0. The van der Waals surface area contributed by atoms with Gasteiger partial charge in [-0.15, -0.1) is 0 Å². The maximum atomic E-state index is 3.57. The third-order valence-corrected chi connectivity index (χ3v) is 3.41. The van der Waals surface area contributed by atoms with E-state index < -0.39 is 0 Å². The Bertz CT molecular complexity index is 147. The van der Waals surface area contributed by atoms with E-state index in [1.165, 1.54) is 64.7 Å². The van der Waals surface area contributed by atoms with Gasteiger partial charge in [0.15, 0.2) is 0 Å². The largest absolute Gasteiger partial charge is 0.311 e. The zero-order chi connectivity index (χ0) is 10.9. The van der Waals surface area contributed by atoms with Gasteiger partial charge < -0.3 is 10.2 Å². The van der Waals surface area contributed by atoms with Crippen molar-refractivity contribution in [1.29, 1.82) is 0 Å². The van der Waals surface area contributed by atoms with E-state index in [1.807, 2.05) is 0 Å². The molecule has 0 amide bonds. The highest BCUT2D eigenvalue weighted by atomic mass is 15.2. The van der Waals surface area contributed by atoms with Gasteiger partial charge in [0.05, 0.1) is 0 Å². The van der Waals surface area contributed by atoms with Gasteiger partial charge in [0.25, 0.3) is 0 Å². The summed E-state index contributed by atoms with van der Waals surface area (Å²) in [5, 5.41) is 3.57. The lowest BCUT2D eigenvalue weighted by molar-refractivity contribution is 0.193. The van der Waals surface area contributed by atoms with Crippen LogP contribution >= 0.6 is 0 Å². The number of hydrogen-bond donors (Lipinski definition) is 1. The van der Waals surface area contributed by atoms with E-state index in [9.17, 15) is 0 Å². The molecule has 0 saturated carbocycles. The molecular weight excluding hydrogens is 184 g/mol. The van der Waals surface area contributed by atoms with Crippen molar-refractivity contribution in [3.63, 3.8) is 0 Å². The van der Waals surface area contributed by atoms with E-state index in [0.29, 0.717) is 0 Å². The molecular formula is C13H28N2. The summed E-state index contributed by atoms with van der Waals surface area (Å²) < 4.78 is 0. The van der Waals surface area contributed by atoms with Crippen LogP contribution in [0.2, 0.25) is 0 Å². The molecule has 1 unspecified atom stereocenters. The van der Waals surface area contributed by atoms with Crippen LogP contribution in [0.1, 0.15) is 52.4 Å². The summed E-state index contributed by atoms with van der Waals surface area (Å²) in [6.45, 7) is 9.59. The van der Waals surface area contributed by atoms with Gasteiger partial charge in [0.2, 0.25) is 0 Å². The molecule has 2 nitrogen and oxygen atoms in total. The molecule has 1 atom stereocenters. The number of rotatable bonds is 7. The summed E-state index contributed by atoms with van der Waals surface area (Å²) in [4.78, 5) is 2.64. The Morgan fingerprint density at radius 3 is 2.67 bits per heavy atom. The van der Waals surface area contributed by atoms with Gasteiger partial charge in [-0.3, -0.25) is 0 Å². The minimum Gasteiger partial charge on any atom is -0.311 e. The van der Waals surface area contributed by atoms with Crippen LogP contribution < -0.4 is 5.32 Å². The van der Waals surface area contributed by atoms with Gasteiger partial charge in [-0.1, -0.05) is 39.5 Å². The van der Waals surface area contributed by atoms with Crippen LogP contribution in [0, 0.1) is 0 Å². The monoisotopic (exact) mass is 212 g/mol. The maximum Gasteiger partial charge on any atom is 0.0192 e. The smallest absolute Gasteiger partial charge is 0.0192 e. The molecule has 1 saturated heterocycles. The Kier molecular flexibility index (Phi) is 7.03. The number of piperazine rings is 1. The molecule has 15 heavy (non-hydrogen) atoms. The lowest BCUT2D eigenvalue weighted by Gasteiger charge is -2.33. The van der Waals surface area contributed by atoms with Crippen molar-refractivity contribution < 1.29 is 0 Å². The van der Waals surface area contributed by atoms with Gasteiger partial charge in [-0.05, 0) is 19.4 Å². The van der Waals surface area contributed by atoms with E-state index in [1.54, 1.807) is 0 Å². The third kappa shape index (κ3) is 5.53. The first-order valence-corrected chi connectivity index (χ1v) is 6.82. The molecule has 1 aliphatic heterocycles. The predicted molar refractivity (Wildman–Crippen MR) is 67.3 cm³/mol. The maximum absolute atomic E-state index is 3.57. The van der Waals surface area contributed by atoms with Crippen LogP contribution in [-0.4, -0.2) is 37.1 Å². The number of hydrogen-bond acceptors (Lipinski definition) is 2. The summed E-state index contributed by atoms with van der Waals surface area (Å²) in [7, 11) is 0. The van der Waals surface area contributed by atoms with Crippen molar-refractivity contribution in [2.24, 2.45) is 0 Å². The van der Waals surface area contributed by atoms with Crippen LogP contribution in [-0.2, 0) is 0 Å². The second-order valence-corrected chi connectivity index (χ2v) is 4.77. The van der Waals surface area contributed by atoms with Crippen molar-refractivity contribution in [3.8, 4) is 0 Å². The van der Waals surface area contributed by atoms with E-state index >= 15 is 0 Å². The van der Waals surface area contributed by atoms with Crippen LogP contribution in [0.5, 0.6) is 0 Å². The summed E-state index contributed by atoms with van der Waals surface area (Å²) in [6.07, 6.45) is 8.29. The molecule has 1 rings (SSSR count). The summed E-state index contributed by atoms with van der Waals surface area (Å²) in [6, 6.07) is 0.745. The molecule has 0 aromatic heterocycles. The predicted octanol–water partition coefficient (Wildman–Crippen LogP) is 2.64. The highest BCUT2D eigenvalue weighted by Crippen LogP contribution is 2.07. The molecule has 1 heterocycles. The zero-order valence-electron chi connectivity index (χ0n) is 10.6. The van der Waals surface area contributed by atoms with Crippen molar-refractivity contribution in [3.05, 3.63) is 0 Å². The third-order valence-electron chi connectivity index (χ3n) is 3.41. The van der Waals surface area contributed by atoms with Gasteiger partial charge in [0, 0.05) is 25.7 Å². The molecule has 0 spiro atoms. The zero-order valence-corrected chi connectivity index (χ0v) is 10.6. The average molecular weight is 212 g/mol. The highest BCUT2D eigenvalue weighted by molar-refractivity contribution is 4.77. The number of nitrogens with one attached hydrogen (secondary N) is 1. The van der Waals surface area contributed by atoms with Crippen molar-refractivity contribution in [2.75, 3.05) is 26.2 Å². The van der Waals surface area contributed by atoms with E-state index in [2.05, 4.69) is 24.1 Å². The molecule has 0 radical (unpaired) electrons. The first-order chi connectivity index (χ1) is 7.36. The fourth-order valence-electron chi connectivity index (χ4n) is 2.31. The molecule has 0 aromatic carbocycles. The van der Waals surface area contributed by atoms with Crippen molar-refractivity contribution in [2.45, 2.75) is 58.4 Å². The Balaban J connectivity index is 2.00. The highest BCUT2D eigenvalue weighted by Gasteiger charge is 2.16. The molecule has 90 valence electrons. The van der Waals surface area contributed by atoms with E-state index in [-0.39, 0.29) is 0 Å². The van der Waals surface area contributed by atoms with Crippen LogP contribution in [0.15, 0.2) is 0 Å². The van der Waals surface area contributed by atoms with Gasteiger partial charge in [-0.2, -0.15) is 0 Å². The second-order valence-electron chi connectivity index (χ2n) is 4.77. The van der Waals surface area contributed by atoms with Crippen molar-refractivity contribution in [1.82, 2.24) is 10.2 Å². The van der Waals surface area contributed by atoms with Crippen LogP contribution in [0.25, 0.3) is 0 Å². The molecule has 1 fully saturated rings. The quantitative estimate of drug-likeness (QED) is 0.653. The van der Waals surface area contributed by atoms with Crippen LogP contribution in [0.3, 0.4) is 0 Å². The molecule has 0 aromatic rings. The standard InChI is InChI=1S/C13H28N2/c1-3-5-6-7-8-10-15-11-9-14-13(4-2)12-15/h13-14H,3-12H2,1-2H3. The van der Waals surface area contributed by atoms with E-state index in [4.69, 9.17) is 0 Å². The minimum atomic E-state index is 0.745. The molecule has 0 aliphatic carbocycles. The van der Waals surface area contributed by atoms with E-state index in [0.717, 1.165) is 6.04 Å². The second kappa shape index (κ2) is 8.12. The normalized spacial score (nSPS) is 23.2. The topological polar surface area (TPSA) is 15.3 Å². The Labute approximate surface area is 95.4 Å². The average Bonchev–Trinajstić information content (AvgIpc) is 2.29. The van der Waals surface area contributed by atoms with Crippen molar-refractivity contribution >= 4 is 0 Å². The fourth-order valence-corrected chi connectivity index (χ4v) is 2.31. The first-order valence-electron chi connectivity index (χ1n) is 6.82. The van der Waals surface area contributed by atoms with Gasteiger partial charge in [0.1, 0.15) is 0 Å². The number of unbranched alkanes of at least 4 members (excludes halogenated alkanes) is 4. The SMILES string of the molecule is CCCCCCCN1CCNC(CC)C1. The summed E-state index contributed by atoms with van der Waals surface area (Å²) in [5.74, 6) is 0. The molecule has 0 bridgehead atoms. The Morgan fingerprint density at radius 1 is 1.13 bits per heavy atom. The molecule has 2 heteroatoms. The first kappa shape index (κ1) is 13.0. The lowest BCUT2D eigenvalue weighted by atomic mass is 10.1. The molecule has 1 N–H and O–H groups in total. The minimum absolute atomic E-state index is 0.745. The Morgan fingerprint density at radius 2 is 1.93 bits per heavy atom. The van der Waals surface area contributed by atoms with Crippen LogP contribution in [0.4, 0.5) is 0 Å². The lowest BCUT2D eigenvalue weighted by Crippen LogP contribution is -2.50. The van der Waals surface area contributed by atoms with Gasteiger partial charge in [-0.25, -0.2) is 0 Å². The fraction of sp³-hybridized carbons (Fsp3) is 1.00. The number of nitrogens with zero attached hydrogens (tertiary/aromatic N) is 1. The van der Waals surface area contributed by atoms with Gasteiger partial charge >= 0.3 is 0 Å². The molecule has 1 aliphatic rings. The Hall–Kier alpha value is -0.0800. The summed E-state index contributed by atoms with van der Waals surface area (Å²) in [5.41, 5.74) is 0.